The maximum Gasteiger partial charge on any atom is 0.336 e. The van der Waals surface area contributed by atoms with E-state index in [1.54, 1.807) is 11.4 Å². The largest absolute Gasteiger partial charge is 0.478 e. The molecular weight excluding hydrogens is 212 g/mol. The normalized spacial score (nSPS) is 18.1. The number of carboxylic acids is 1. The summed E-state index contributed by atoms with van der Waals surface area (Å²) in [4.78, 5) is 15.3. The van der Waals surface area contributed by atoms with Crippen molar-refractivity contribution in [3.63, 3.8) is 0 Å². The lowest BCUT2D eigenvalue weighted by atomic mass is 10.3. The number of thiophene rings is 1. The van der Waals surface area contributed by atoms with Crippen molar-refractivity contribution in [3.05, 3.63) is 17.0 Å². The lowest BCUT2D eigenvalue weighted by molar-refractivity contribution is 0.0697. The van der Waals surface area contributed by atoms with Crippen LogP contribution >= 0.6 is 11.3 Å². The zero-order valence-electron chi connectivity index (χ0n) is 8.64. The molecular formula is C10H14N2O2S. The molecule has 0 saturated carbocycles. The zero-order chi connectivity index (χ0) is 10.8. The Morgan fingerprint density at radius 2 is 2.07 bits per heavy atom. The summed E-state index contributed by atoms with van der Waals surface area (Å²) in [7, 11) is 2.11. The number of rotatable bonds is 2. The molecule has 0 atom stereocenters. The van der Waals surface area contributed by atoms with Crippen LogP contribution in [0.4, 0.5) is 5.00 Å². The van der Waals surface area contributed by atoms with Crippen LogP contribution in [0.1, 0.15) is 10.4 Å². The van der Waals surface area contributed by atoms with E-state index in [-0.39, 0.29) is 0 Å². The van der Waals surface area contributed by atoms with Gasteiger partial charge in [0.1, 0.15) is 0 Å². The average Bonchev–Trinajstić information content (AvgIpc) is 2.68. The summed E-state index contributed by atoms with van der Waals surface area (Å²) in [6.07, 6.45) is 0. The monoisotopic (exact) mass is 226 g/mol. The van der Waals surface area contributed by atoms with Gasteiger partial charge in [0.25, 0.3) is 0 Å². The minimum absolute atomic E-state index is 0.397. The van der Waals surface area contributed by atoms with Crippen LogP contribution in [-0.4, -0.2) is 49.2 Å². The Kier molecular flexibility index (Phi) is 2.93. The Labute approximate surface area is 92.7 Å². The summed E-state index contributed by atoms with van der Waals surface area (Å²) < 4.78 is 0. The smallest absolute Gasteiger partial charge is 0.336 e. The SMILES string of the molecule is CN1CCN(c2cc(C(=O)O)cs2)CC1. The van der Waals surface area contributed by atoms with Crippen molar-refractivity contribution in [2.75, 3.05) is 38.1 Å². The molecule has 0 radical (unpaired) electrons. The number of piperazine rings is 1. The Balaban J connectivity index is 2.06. The van der Waals surface area contributed by atoms with E-state index in [2.05, 4.69) is 16.8 Å². The van der Waals surface area contributed by atoms with E-state index >= 15 is 0 Å². The minimum atomic E-state index is -0.841. The molecule has 0 aliphatic carbocycles. The van der Waals surface area contributed by atoms with Gasteiger partial charge in [-0.3, -0.25) is 0 Å². The predicted octanol–water partition coefficient (Wildman–Crippen LogP) is 1.20. The average molecular weight is 226 g/mol. The first kappa shape index (κ1) is 10.4. The van der Waals surface area contributed by atoms with Gasteiger partial charge < -0.3 is 14.9 Å². The van der Waals surface area contributed by atoms with Crippen molar-refractivity contribution in [1.82, 2.24) is 4.90 Å². The van der Waals surface area contributed by atoms with Gasteiger partial charge >= 0.3 is 5.97 Å². The Morgan fingerprint density at radius 3 is 2.60 bits per heavy atom. The molecule has 1 aliphatic rings. The summed E-state index contributed by atoms with van der Waals surface area (Å²) in [6.45, 7) is 4.05. The summed E-state index contributed by atoms with van der Waals surface area (Å²) in [5.41, 5.74) is 0.397. The predicted molar refractivity (Wildman–Crippen MR) is 61.0 cm³/mol. The van der Waals surface area contributed by atoms with E-state index in [1.807, 2.05) is 0 Å². The van der Waals surface area contributed by atoms with Gasteiger partial charge in [0.15, 0.2) is 0 Å². The van der Waals surface area contributed by atoms with Gasteiger partial charge in [-0.25, -0.2) is 4.79 Å². The molecule has 5 heteroatoms. The van der Waals surface area contributed by atoms with Crippen molar-refractivity contribution in [2.45, 2.75) is 0 Å². The zero-order valence-corrected chi connectivity index (χ0v) is 9.46. The molecule has 1 fully saturated rings. The highest BCUT2D eigenvalue weighted by molar-refractivity contribution is 7.14. The maximum absolute atomic E-state index is 10.7. The van der Waals surface area contributed by atoms with Crippen LogP contribution in [0.2, 0.25) is 0 Å². The number of likely N-dealkylation sites (N-methyl/N-ethyl adjacent to an activating group) is 1. The molecule has 0 bridgehead atoms. The molecule has 2 rings (SSSR count). The Hall–Kier alpha value is -1.07. The van der Waals surface area contributed by atoms with Gasteiger partial charge in [0.2, 0.25) is 0 Å². The van der Waals surface area contributed by atoms with E-state index in [0.717, 1.165) is 31.2 Å². The number of hydrogen-bond acceptors (Lipinski definition) is 4. The molecule has 4 nitrogen and oxygen atoms in total. The highest BCUT2D eigenvalue weighted by Crippen LogP contribution is 2.25. The lowest BCUT2D eigenvalue weighted by Crippen LogP contribution is -2.44. The molecule has 0 amide bonds. The van der Waals surface area contributed by atoms with Crippen LogP contribution in [0, 0.1) is 0 Å². The molecule has 0 aromatic carbocycles. The first-order valence-corrected chi connectivity index (χ1v) is 5.80. The summed E-state index contributed by atoms with van der Waals surface area (Å²) in [5.74, 6) is -0.841. The van der Waals surface area contributed by atoms with Crippen LogP contribution in [0.3, 0.4) is 0 Å². The topological polar surface area (TPSA) is 43.8 Å². The summed E-state index contributed by atoms with van der Waals surface area (Å²) in [6, 6.07) is 1.76. The molecule has 0 unspecified atom stereocenters. The minimum Gasteiger partial charge on any atom is -0.478 e. The molecule has 1 aromatic heterocycles. The molecule has 0 spiro atoms. The molecule has 1 aromatic rings. The van der Waals surface area contributed by atoms with Crippen molar-refractivity contribution in [3.8, 4) is 0 Å². The Bertz CT molecular complexity index is 356. The summed E-state index contributed by atoms with van der Waals surface area (Å²) >= 11 is 1.51. The molecule has 2 heterocycles. The van der Waals surface area contributed by atoms with Gasteiger partial charge in [-0.1, -0.05) is 0 Å². The molecule has 1 saturated heterocycles. The van der Waals surface area contributed by atoms with Gasteiger partial charge in [-0.05, 0) is 13.1 Å². The Morgan fingerprint density at radius 1 is 1.40 bits per heavy atom. The number of hydrogen-bond donors (Lipinski definition) is 1. The van der Waals surface area contributed by atoms with E-state index in [1.165, 1.54) is 11.3 Å². The number of aromatic carboxylic acids is 1. The maximum atomic E-state index is 10.7. The fourth-order valence-electron chi connectivity index (χ4n) is 1.63. The summed E-state index contributed by atoms with van der Waals surface area (Å²) in [5, 5.41) is 11.6. The number of carbonyl (C=O) groups is 1. The van der Waals surface area contributed by atoms with Crippen LogP contribution in [0.5, 0.6) is 0 Å². The second-order valence-electron chi connectivity index (χ2n) is 3.77. The standard InChI is InChI=1S/C10H14N2O2S/c1-11-2-4-12(5-3-11)9-6-8(7-15-9)10(13)14/h6-7H,2-5H2,1H3,(H,13,14). The molecule has 15 heavy (non-hydrogen) atoms. The van der Waals surface area contributed by atoms with Gasteiger partial charge in [-0.15, -0.1) is 11.3 Å². The molecule has 82 valence electrons. The van der Waals surface area contributed by atoms with Crippen LogP contribution < -0.4 is 4.90 Å². The van der Waals surface area contributed by atoms with Crippen LogP contribution in [0.25, 0.3) is 0 Å². The second kappa shape index (κ2) is 4.20. The van der Waals surface area contributed by atoms with Crippen molar-refractivity contribution < 1.29 is 9.90 Å². The van der Waals surface area contributed by atoms with Gasteiger partial charge in [0.05, 0.1) is 10.6 Å². The second-order valence-corrected chi connectivity index (χ2v) is 4.66. The van der Waals surface area contributed by atoms with Crippen molar-refractivity contribution in [1.29, 1.82) is 0 Å². The number of nitrogens with zero attached hydrogens (tertiary/aromatic N) is 2. The third kappa shape index (κ3) is 2.30. The first-order valence-electron chi connectivity index (χ1n) is 4.92. The van der Waals surface area contributed by atoms with Crippen molar-refractivity contribution >= 4 is 22.3 Å². The van der Waals surface area contributed by atoms with Crippen LogP contribution in [0.15, 0.2) is 11.4 Å². The fourth-order valence-corrected chi connectivity index (χ4v) is 2.57. The highest BCUT2D eigenvalue weighted by Gasteiger charge is 2.16. The van der Waals surface area contributed by atoms with Crippen LogP contribution in [-0.2, 0) is 0 Å². The van der Waals surface area contributed by atoms with E-state index < -0.39 is 5.97 Å². The van der Waals surface area contributed by atoms with E-state index in [4.69, 9.17) is 5.11 Å². The lowest BCUT2D eigenvalue weighted by Gasteiger charge is -2.32. The van der Waals surface area contributed by atoms with Gasteiger partial charge in [-0.2, -0.15) is 0 Å². The highest BCUT2D eigenvalue weighted by atomic mass is 32.1. The molecule has 1 N–H and O–H groups in total. The van der Waals surface area contributed by atoms with Gasteiger partial charge in [0, 0.05) is 31.6 Å². The first-order chi connectivity index (χ1) is 7.16. The third-order valence-electron chi connectivity index (χ3n) is 2.65. The van der Waals surface area contributed by atoms with E-state index in [9.17, 15) is 4.79 Å². The quantitative estimate of drug-likeness (QED) is 0.823. The van der Waals surface area contributed by atoms with Crippen molar-refractivity contribution in [2.24, 2.45) is 0 Å². The third-order valence-corrected chi connectivity index (χ3v) is 3.64. The number of carboxylic acid groups (broad SMARTS) is 1. The number of anilines is 1. The van der Waals surface area contributed by atoms with E-state index in [0.29, 0.717) is 5.56 Å². The molecule has 1 aliphatic heterocycles. The fraction of sp³-hybridized carbons (Fsp3) is 0.500.